The predicted molar refractivity (Wildman–Crippen MR) is 88.9 cm³/mol. The van der Waals surface area contributed by atoms with Gasteiger partial charge in [-0.05, 0) is 56.8 Å². The first-order valence-electron chi connectivity index (χ1n) is 8.14. The van der Waals surface area contributed by atoms with E-state index in [-0.39, 0.29) is 0 Å². The van der Waals surface area contributed by atoms with Gasteiger partial charge in [0.25, 0.3) is 0 Å². The van der Waals surface area contributed by atoms with E-state index in [0.717, 1.165) is 24.3 Å². The molecular formula is C18H31NO2. The van der Waals surface area contributed by atoms with E-state index >= 15 is 0 Å². The summed E-state index contributed by atoms with van der Waals surface area (Å²) in [6, 6.07) is 6.63. The van der Waals surface area contributed by atoms with Crippen LogP contribution in [0.15, 0.2) is 18.2 Å². The Morgan fingerprint density at radius 3 is 2.43 bits per heavy atom. The lowest BCUT2D eigenvalue weighted by atomic mass is 9.99. The molecule has 21 heavy (non-hydrogen) atoms. The number of ether oxygens (including phenoxy) is 1. The van der Waals surface area contributed by atoms with Crippen LogP contribution in [0.25, 0.3) is 0 Å². The van der Waals surface area contributed by atoms with Crippen molar-refractivity contribution in [2.45, 2.75) is 65.5 Å². The maximum absolute atomic E-state index is 10.3. The largest absolute Gasteiger partial charge is 0.490 e. The van der Waals surface area contributed by atoms with Crippen molar-refractivity contribution in [3.05, 3.63) is 29.3 Å². The normalized spacial score (nSPS) is 13.2. The molecule has 0 fully saturated rings. The SMILES string of the molecule is CCCNC(C)c1ccc(OCC(O)(CC)CC)c(C)c1. The lowest BCUT2D eigenvalue weighted by Crippen LogP contribution is -2.34. The van der Waals surface area contributed by atoms with Gasteiger partial charge in [0.05, 0.1) is 5.60 Å². The number of aliphatic hydroxyl groups is 1. The van der Waals surface area contributed by atoms with Crippen molar-refractivity contribution >= 4 is 0 Å². The zero-order valence-corrected chi connectivity index (χ0v) is 14.2. The van der Waals surface area contributed by atoms with Crippen LogP contribution in [-0.2, 0) is 0 Å². The van der Waals surface area contributed by atoms with Crippen LogP contribution in [0.2, 0.25) is 0 Å². The number of hydrogen-bond acceptors (Lipinski definition) is 3. The predicted octanol–water partition coefficient (Wildman–Crippen LogP) is 3.99. The van der Waals surface area contributed by atoms with Crippen LogP contribution in [0.3, 0.4) is 0 Å². The second-order valence-corrected chi connectivity index (χ2v) is 5.92. The van der Waals surface area contributed by atoms with Gasteiger partial charge in [0.2, 0.25) is 0 Å². The minimum Gasteiger partial charge on any atom is -0.490 e. The maximum atomic E-state index is 10.3. The van der Waals surface area contributed by atoms with Gasteiger partial charge < -0.3 is 15.2 Å². The molecule has 1 rings (SSSR count). The third kappa shape index (κ3) is 5.33. The highest BCUT2D eigenvalue weighted by Crippen LogP contribution is 2.25. The molecule has 0 spiro atoms. The van der Waals surface area contributed by atoms with Crippen LogP contribution in [0.4, 0.5) is 0 Å². The van der Waals surface area contributed by atoms with E-state index in [2.05, 4.69) is 38.2 Å². The van der Waals surface area contributed by atoms with Gasteiger partial charge in [-0.1, -0.05) is 32.9 Å². The van der Waals surface area contributed by atoms with Gasteiger partial charge >= 0.3 is 0 Å². The van der Waals surface area contributed by atoms with Gasteiger partial charge in [-0.15, -0.1) is 0 Å². The van der Waals surface area contributed by atoms with Gasteiger partial charge in [0, 0.05) is 6.04 Å². The first kappa shape index (κ1) is 18.0. The fourth-order valence-corrected chi connectivity index (χ4v) is 2.25. The topological polar surface area (TPSA) is 41.5 Å². The Kier molecular flexibility index (Phi) is 7.20. The minimum atomic E-state index is -0.721. The van der Waals surface area contributed by atoms with E-state index in [0.29, 0.717) is 25.5 Å². The highest BCUT2D eigenvalue weighted by Gasteiger charge is 2.23. The molecule has 0 saturated heterocycles. The second-order valence-electron chi connectivity index (χ2n) is 5.92. The zero-order valence-electron chi connectivity index (χ0n) is 14.2. The molecule has 1 unspecified atom stereocenters. The molecule has 3 nitrogen and oxygen atoms in total. The molecule has 0 saturated carbocycles. The van der Waals surface area contributed by atoms with Crippen molar-refractivity contribution in [2.75, 3.05) is 13.2 Å². The van der Waals surface area contributed by atoms with Gasteiger partial charge in [-0.3, -0.25) is 0 Å². The van der Waals surface area contributed by atoms with Crippen molar-refractivity contribution in [3.63, 3.8) is 0 Å². The summed E-state index contributed by atoms with van der Waals surface area (Å²) in [6.07, 6.45) is 2.55. The van der Waals surface area contributed by atoms with E-state index in [1.807, 2.05) is 19.9 Å². The first-order valence-corrected chi connectivity index (χ1v) is 8.14. The van der Waals surface area contributed by atoms with E-state index in [4.69, 9.17) is 4.74 Å². The van der Waals surface area contributed by atoms with E-state index < -0.39 is 5.60 Å². The molecule has 0 heterocycles. The Hall–Kier alpha value is -1.06. The summed E-state index contributed by atoms with van der Waals surface area (Å²) in [5.41, 5.74) is 1.67. The monoisotopic (exact) mass is 293 g/mol. The minimum absolute atomic E-state index is 0.348. The molecule has 1 aromatic rings. The van der Waals surface area contributed by atoms with Crippen LogP contribution >= 0.6 is 0 Å². The van der Waals surface area contributed by atoms with Gasteiger partial charge in [-0.25, -0.2) is 0 Å². The summed E-state index contributed by atoms with van der Waals surface area (Å²) in [5, 5.41) is 13.8. The summed E-state index contributed by atoms with van der Waals surface area (Å²) in [4.78, 5) is 0. The Balaban J connectivity index is 2.70. The molecule has 0 amide bonds. The molecule has 2 N–H and O–H groups in total. The summed E-state index contributed by atoms with van der Waals surface area (Å²) in [5.74, 6) is 0.863. The molecular weight excluding hydrogens is 262 g/mol. The number of aryl methyl sites for hydroxylation is 1. The van der Waals surface area contributed by atoms with Crippen LogP contribution in [0, 0.1) is 6.92 Å². The third-order valence-corrected chi connectivity index (χ3v) is 4.21. The quantitative estimate of drug-likeness (QED) is 0.723. The average Bonchev–Trinajstić information content (AvgIpc) is 2.51. The Morgan fingerprint density at radius 1 is 1.24 bits per heavy atom. The maximum Gasteiger partial charge on any atom is 0.122 e. The van der Waals surface area contributed by atoms with Crippen molar-refractivity contribution in [2.24, 2.45) is 0 Å². The summed E-state index contributed by atoms with van der Waals surface area (Å²) in [6.45, 7) is 11.8. The lowest BCUT2D eigenvalue weighted by molar-refractivity contribution is -0.0115. The van der Waals surface area contributed by atoms with Crippen LogP contribution in [0.1, 0.15) is 64.1 Å². The fourth-order valence-electron chi connectivity index (χ4n) is 2.25. The molecule has 0 radical (unpaired) electrons. The number of nitrogens with one attached hydrogen (secondary N) is 1. The van der Waals surface area contributed by atoms with Gasteiger partial charge in [0.1, 0.15) is 12.4 Å². The zero-order chi connectivity index (χ0) is 15.9. The Bertz CT molecular complexity index is 427. The van der Waals surface area contributed by atoms with Crippen LogP contribution < -0.4 is 10.1 Å². The molecule has 1 atom stereocenters. The molecule has 120 valence electrons. The number of rotatable bonds is 9. The molecule has 0 aromatic heterocycles. The first-order chi connectivity index (χ1) is 9.95. The van der Waals surface area contributed by atoms with Crippen molar-refractivity contribution in [3.8, 4) is 5.75 Å². The third-order valence-electron chi connectivity index (χ3n) is 4.21. The fraction of sp³-hybridized carbons (Fsp3) is 0.667. The summed E-state index contributed by atoms with van der Waals surface area (Å²) < 4.78 is 5.83. The van der Waals surface area contributed by atoms with E-state index in [9.17, 15) is 5.11 Å². The van der Waals surface area contributed by atoms with Gasteiger partial charge in [-0.2, -0.15) is 0 Å². The molecule has 0 bridgehead atoms. The van der Waals surface area contributed by atoms with Crippen LogP contribution in [0.5, 0.6) is 5.75 Å². The van der Waals surface area contributed by atoms with Crippen molar-refractivity contribution in [1.82, 2.24) is 5.32 Å². The summed E-state index contributed by atoms with van der Waals surface area (Å²) in [7, 11) is 0. The molecule has 0 aliphatic rings. The Labute approximate surface area is 129 Å². The average molecular weight is 293 g/mol. The molecule has 0 aliphatic heterocycles. The smallest absolute Gasteiger partial charge is 0.122 e. The number of hydrogen-bond donors (Lipinski definition) is 2. The second kappa shape index (κ2) is 8.40. The highest BCUT2D eigenvalue weighted by atomic mass is 16.5. The van der Waals surface area contributed by atoms with Crippen LogP contribution in [-0.4, -0.2) is 23.9 Å². The number of benzene rings is 1. The van der Waals surface area contributed by atoms with E-state index in [1.165, 1.54) is 5.56 Å². The van der Waals surface area contributed by atoms with E-state index in [1.54, 1.807) is 0 Å². The molecule has 1 aromatic carbocycles. The molecule has 3 heteroatoms. The molecule has 0 aliphatic carbocycles. The standard InChI is InChI=1S/C18H31NO2/c1-6-11-19-15(5)16-9-10-17(14(4)12-16)21-13-18(20,7-2)8-3/h9-10,12,15,19-20H,6-8,11,13H2,1-5H3. The van der Waals surface area contributed by atoms with Gasteiger partial charge in [0.15, 0.2) is 0 Å². The highest BCUT2D eigenvalue weighted by molar-refractivity contribution is 5.37. The summed E-state index contributed by atoms with van der Waals surface area (Å²) >= 11 is 0. The lowest BCUT2D eigenvalue weighted by Gasteiger charge is -2.25. The van der Waals surface area contributed by atoms with Crippen molar-refractivity contribution in [1.29, 1.82) is 0 Å². The Morgan fingerprint density at radius 2 is 1.90 bits per heavy atom. The van der Waals surface area contributed by atoms with Crippen molar-refractivity contribution < 1.29 is 9.84 Å².